The Bertz CT molecular complexity index is 672. The Morgan fingerprint density at radius 3 is 2.71 bits per heavy atom. The molecule has 0 saturated carbocycles. The van der Waals surface area contributed by atoms with Crippen LogP contribution >= 0.6 is 22.6 Å². The normalized spacial score (nSPS) is 34.1. The highest BCUT2D eigenvalue weighted by atomic mass is 127. The molecular formula is C12H14FIN2O5. The standard InChI is InChI=1S/C12H14FIN2O5/c1-12(2)20-7-6(3-14)19-10(8(7)21-12)16-4-5(13)9(17)15-11(16)18/h4,6-8,10H,3H2,1-2H3,(H,15,17,18)/t6-,7-,8+,10-/m1/s1. The summed E-state index contributed by atoms with van der Waals surface area (Å²) in [7, 11) is 0. The second-order valence-electron chi connectivity index (χ2n) is 5.43. The summed E-state index contributed by atoms with van der Waals surface area (Å²) in [5.74, 6) is -1.85. The lowest BCUT2D eigenvalue weighted by Crippen LogP contribution is -2.38. The maximum absolute atomic E-state index is 13.5. The van der Waals surface area contributed by atoms with Crippen LogP contribution in [0.3, 0.4) is 0 Å². The van der Waals surface area contributed by atoms with Gasteiger partial charge in [-0.25, -0.2) is 4.79 Å². The monoisotopic (exact) mass is 412 g/mol. The fourth-order valence-corrected chi connectivity index (χ4v) is 3.37. The van der Waals surface area contributed by atoms with Gasteiger partial charge in [0.25, 0.3) is 5.56 Å². The van der Waals surface area contributed by atoms with E-state index in [0.717, 1.165) is 10.8 Å². The van der Waals surface area contributed by atoms with E-state index >= 15 is 0 Å². The lowest BCUT2D eigenvalue weighted by molar-refractivity contribution is -0.194. The van der Waals surface area contributed by atoms with Gasteiger partial charge in [-0.05, 0) is 13.8 Å². The second kappa shape index (κ2) is 5.14. The maximum atomic E-state index is 13.5. The molecule has 2 aliphatic heterocycles. The third kappa shape index (κ3) is 2.56. The number of ether oxygens (including phenoxy) is 3. The Labute approximate surface area is 132 Å². The van der Waals surface area contributed by atoms with Gasteiger partial charge in [0, 0.05) is 4.43 Å². The molecule has 2 saturated heterocycles. The van der Waals surface area contributed by atoms with Gasteiger partial charge in [-0.15, -0.1) is 0 Å². The van der Waals surface area contributed by atoms with Gasteiger partial charge in [-0.2, -0.15) is 4.39 Å². The van der Waals surface area contributed by atoms with Crippen molar-refractivity contribution < 1.29 is 18.6 Å². The zero-order valence-electron chi connectivity index (χ0n) is 11.3. The molecule has 0 bridgehead atoms. The van der Waals surface area contributed by atoms with E-state index in [2.05, 4.69) is 22.6 Å². The number of hydrogen-bond acceptors (Lipinski definition) is 5. The van der Waals surface area contributed by atoms with Gasteiger partial charge in [0.2, 0.25) is 5.82 Å². The smallest absolute Gasteiger partial charge is 0.330 e. The summed E-state index contributed by atoms with van der Waals surface area (Å²) in [6.07, 6.45) is -1.15. The zero-order chi connectivity index (χ0) is 15.4. The van der Waals surface area contributed by atoms with Crippen molar-refractivity contribution in [3.8, 4) is 0 Å². The molecule has 2 aliphatic rings. The Morgan fingerprint density at radius 2 is 2.05 bits per heavy atom. The highest BCUT2D eigenvalue weighted by Gasteiger charge is 2.55. The first-order valence-electron chi connectivity index (χ1n) is 6.40. The van der Waals surface area contributed by atoms with Crippen LogP contribution in [0.2, 0.25) is 0 Å². The van der Waals surface area contributed by atoms with Crippen LogP contribution in [0, 0.1) is 5.82 Å². The molecule has 0 amide bonds. The topological polar surface area (TPSA) is 82.6 Å². The first kappa shape index (κ1) is 15.1. The van der Waals surface area contributed by atoms with E-state index in [1.54, 1.807) is 13.8 Å². The van der Waals surface area contributed by atoms with Crippen LogP contribution in [0.4, 0.5) is 4.39 Å². The quantitative estimate of drug-likeness (QED) is 0.566. The summed E-state index contributed by atoms with van der Waals surface area (Å²) < 4.78 is 32.4. The number of nitrogens with one attached hydrogen (secondary N) is 1. The molecular weight excluding hydrogens is 398 g/mol. The van der Waals surface area contributed by atoms with Gasteiger partial charge >= 0.3 is 5.69 Å². The van der Waals surface area contributed by atoms with Crippen molar-refractivity contribution in [1.29, 1.82) is 0 Å². The van der Waals surface area contributed by atoms with Crippen molar-refractivity contribution in [2.75, 3.05) is 4.43 Å². The Kier molecular flexibility index (Phi) is 3.71. The number of rotatable bonds is 2. The summed E-state index contributed by atoms with van der Waals surface area (Å²) in [6.45, 7) is 3.53. The number of hydrogen-bond donors (Lipinski definition) is 1. The molecule has 9 heteroatoms. The van der Waals surface area contributed by atoms with Crippen molar-refractivity contribution in [2.45, 2.75) is 44.2 Å². The average molecular weight is 412 g/mol. The lowest BCUT2D eigenvalue weighted by Gasteiger charge is -2.24. The molecule has 1 aromatic heterocycles. The fraction of sp³-hybridized carbons (Fsp3) is 0.667. The first-order valence-corrected chi connectivity index (χ1v) is 7.93. The summed E-state index contributed by atoms with van der Waals surface area (Å²) >= 11 is 2.15. The fourth-order valence-electron chi connectivity index (χ4n) is 2.66. The molecule has 3 rings (SSSR count). The van der Waals surface area contributed by atoms with Gasteiger partial charge in [0.1, 0.15) is 12.2 Å². The van der Waals surface area contributed by atoms with E-state index < -0.39 is 35.2 Å². The van der Waals surface area contributed by atoms with Crippen LogP contribution in [-0.4, -0.2) is 38.1 Å². The molecule has 1 aromatic rings. The summed E-state index contributed by atoms with van der Waals surface area (Å²) in [6, 6.07) is 0. The van der Waals surface area contributed by atoms with E-state index in [4.69, 9.17) is 14.2 Å². The molecule has 0 radical (unpaired) electrons. The van der Waals surface area contributed by atoms with E-state index in [9.17, 15) is 14.0 Å². The predicted molar refractivity (Wildman–Crippen MR) is 77.9 cm³/mol. The number of fused-ring (bicyclic) bond motifs is 1. The molecule has 0 unspecified atom stereocenters. The zero-order valence-corrected chi connectivity index (χ0v) is 13.5. The van der Waals surface area contributed by atoms with Gasteiger partial charge in [-0.3, -0.25) is 14.3 Å². The minimum absolute atomic E-state index is 0.274. The van der Waals surface area contributed by atoms with E-state index in [1.807, 2.05) is 4.98 Å². The van der Waals surface area contributed by atoms with Gasteiger partial charge < -0.3 is 14.2 Å². The summed E-state index contributed by atoms with van der Waals surface area (Å²) in [5.41, 5.74) is -1.80. The van der Waals surface area contributed by atoms with Crippen LogP contribution < -0.4 is 11.2 Å². The minimum atomic E-state index is -1.06. The number of halogens is 2. The van der Waals surface area contributed by atoms with Crippen LogP contribution in [-0.2, 0) is 14.2 Å². The molecule has 3 heterocycles. The lowest BCUT2D eigenvalue weighted by atomic mass is 10.1. The number of nitrogens with zero attached hydrogens (tertiary/aromatic N) is 1. The maximum Gasteiger partial charge on any atom is 0.330 e. The highest BCUT2D eigenvalue weighted by molar-refractivity contribution is 14.1. The van der Waals surface area contributed by atoms with Gasteiger partial charge in [0.15, 0.2) is 12.0 Å². The SMILES string of the molecule is CC1(C)O[C@H]2[C@H](O1)[C@@H](CI)O[C@H]2n1cc(F)c(=O)[nH]c1=O. The molecule has 0 spiro atoms. The Morgan fingerprint density at radius 1 is 1.38 bits per heavy atom. The van der Waals surface area contributed by atoms with Gasteiger partial charge in [0.05, 0.1) is 12.3 Å². The average Bonchev–Trinajstić information content (AvgIpc) is 2.87. The Hall–Kier alpha value is -0.780. The third-order valence-corrected chi connectivity index (χ3v) is 4.34. The largest absolute Gasteiger partial charge is 0.348 e. The van der Waals surface area contributed by atoms with Crippen molar-refractivity contribution >= 4 is 22.6 Å². The molecule has 4 atom stereocenters. The van der Waals surface area contributed by atoms with E-state index in [-0.39, 0.29) is 12.2 Å². The minimum Gasteiger partial charge on any atom is -0.348 e. The number of aromatic nitrogens is 2. The van der Waals surface area contributed by atoms with Crippen LogP contribution in [0.1, 0.15) is 20.1 Å². The number of alkyl halides is 1. The van der Waals surface area contributed by atoms with Crippen LogP contribution in [0.25, 0.3) is 0 Å². The van der Waals surface area contributed by atoms with Gasteiger partial charge in [-0.1, -0.05) is 22.6 Å². The van der Waals surface area contributed by atoms with Crippen molar-refractivity contribution in [1.82, 2.24) is 9.55 Å². The van der Waals surface area contributed by atoms with E-state index in [0.29, 0.717) is 4.43 Å². The van der Waals surface area contributed by atoms with Crippen LogP contribution in [0.5, 0.6) is 0 Å². The Balaban J connectivity index is 2.01. The molecule has 7 nitrogen and oxygen atoms in total. The second-order valence-corrected chi connectivity index (χ2v) is 6.31. The first-order chi connectivity index (χ1) is 9.82. The molecule has 0 aromatic carbocycles. The molecule has 1 N–H and O–H groups in total. The summed E-state index contributed by atoms with van der Waals surface area (Å²) in [5, 5.41) is 0. The third-order valence-electron chi connectivity index (χ3n) is 3.48. The van der Waals surface area contributed by atoms with Crippen molar-refractivity contribution in [3.05, 3.63) is 32.9 Å². The van der Waals surface area contributed by atoms with Crippen molar-refractivity contribution in [2.24, 2.45) is 0 Å². The van der Waals surface area contributed by atoms with Crippen LogP contribution in [0.15, 0.2) is 15.8 Å². The van der Waals surface area contributed by atoms with E-state index in [1.165, 1.54) is 0 Å². The molecule has 2 fully saturated rings. The summed E-state index contributed by atoms with van der Waals surface area (Å²) in [4.78, 5) is 24.9. The number of H-pyrrole nitrogens is 1. The van der Waals surface area contributed by atoms with Crippen molar-refractivity contribution in [3.63, 3.8) is 0 Å². The molecule has 0 aliphatic carbocycles. The highest BCUT2D eigenvalue weighted by Crippen LogP contribution is 2.42. The molecule has 116 valence electrons. The molecule has 21 heavy (non-hydrogen) atoms. The number of aromatic amines is 1. The predicted octanol–water partition coefficient (Wildman–Crippen LogP) is 0.528.